The molecule has 106 valence electrons. The second-order valence-electron chi connectivity index (χ2n) is 4.83. The van der Waals surface area contributed by atoms with Gasteiger partial charge in [0.2, 0.25) is 0 Å². The van der Waals surface area contributed by atoms with E-state index in [0.29, 0.717) is 13.0 Å². The van der Waals surface area contributed by atoms with Crippen LogP contribution in [0.15, 0.2) is 35.4 Å². The van der Waals surface area contributed by atoms with E-state index in [0.717, 1.165) is 5.56 Å². The first-order valence-electron chi connectivity index (χ1n) is 6.32. The third kappa shape index (κ3) is 3.63. The fraction of sp³-hybridized carbons (Fsp3) is 0.462. The zero-order valence-electron chi connectivity index (χ0n) is 11.0. The van der Waals surface area contributed by atoms with E-state index in [1.54, 1.807) is 0 Å². The van der Waals surface area contributed by atoms with Crippen molar-refractivity contribution < 1.29 is 14.6 Å². The summed E-state index contributed by atoms with van der Waals surface area (Å²) in [4.78, 5) is 15.9. The van der Waals surface area contributed by atoms with Crippen LogP contribution in [-0.2, 0) is 11.3 Å². The molecule has 1 aromatic carbocycles. The van der Waals surface area contributed by atoms with Crippen molar-refractivity contribution in [1.29, 1.82) is 0 Å². The number of carbonyl (C=O) groups excluding carboxylic acids is 1. The maximum absolute atomic E-state index is 11.9. The van der Waals surface area contributed by atoms with Gasteiger partial charge < -0.3 is 14.7 Å². The molecule has 1 unspecified atom stereocenters. The van der Waals surface area contributed by atoms with Gasteiger partial charge in [0.25, 0.3) is 0 Å². The van der Waals surface area contributed by atoms with Gasteiger partial charge in [-0.2, -0.15) is 0 Å². The monoisotopic (exact) mass is 276 g/mol. The summed E-state index contributed by atoms with van der Waals surface area (Å²) < 4.78 is 5.18. The van der Waals surface area contributed by atoms with E-state index in [1.165, 1.54) is 4.90 Å². The number of β-amino-alcohol motifs (C(OH)–C–C–N with tert-alkyl or cyclic N) is 1. The van der Waals surface area contributed by atoms with Gasteiger partial charge in [0.15, 0.2) is 0 Å². The number of hydrogen-bond donors (Lipinski definition) is 1. The lowest BCUT2D eigenvalue weighted by Crippen LogP contribution is -2.38. The molecular formula is C13H16N4O3. The number of amides is 1. The highest BCUT2D eigenvalue weighted by Crippen LogP contribution is 2.22. The standard InChI is InChI=1S/C13H16N4O3/c14-16-15-9-13(19)6-7-17(10-13)12(18)20-8-11-4-2-1-3-5-11/h1-5,19H,6-10H2. The van der Waals surface area contributed by atoms with E-state index in [4.69, 9.17) is 10.3 Å². The first-order valence-corrected chi connectivity index (χ1v) is 6.32. The number of ether oxygens (including phenoxy) is 1. The topological polar surface area (TPSA) is 98.5 Å². The molecule has 0 radical (unpaired) electrons. The number of carbonyl (C=O) groups is 1. The molecule has 1 fully saturated rings. The molecular weight excluding hydrogens is 260 g/mol. The number of nitrogens with zero attached hydrogens (tertiary/aromatic N) is 4. The number of benzene rings is 1. The Bertz CT molecular complexity index is 516. The average molecular weight is 276 g/mol. The Morgan fingerprint density at radius 2 is 2.25 bits per heavy atom. The summed E-state index contributed by atoms with van der Waals surface area (Å²) in [5.74, 6) is 0. The second-order valence-corrected chi connectivity index (χ2v) is 4.83. The summed E-state index contributed by atoms with van der Waals surface area (Å²) in [6, 6.07) is 9.38. The Balaban J connectivity index is 1.84. The highest BCUT2D eigenvalue weighted by atomic mass is 16.6. The Kier molecular flexibility index (Phi) is 4.45. The van der Waals surface area contributed by atoms with Gasteiger partial charge >= 0.3 is 6.09 Å². The van der Waals surface area contributed by atoms with Crippen LogP contribution in [-0.4, -0.2) is 41.3 Å². The smallest absolute Gasteiger partial charge is 0.410 e. The van der Waals surface area contributed by atoms with Crippen LogP contribution in [0.3, 0.4) is 0 Å². The first-order chi connectivity index (χ1) is 9.63. The van der Waals surface area contributed by atoms with Gasteiger partial charge in [-0.3, -0.25) is 0 Å². The summed E-state index contributed by atoms with van der Waals surface area (Å²) in [6.07, 6.45) is -0.0855. The van der Waals surface area contributed by atoms with E-state index in [9.17, 15) is 9.90 Å². The van der Waals surface area contributed by atoms with Gasteiger partial charge in [0, 0.05) is 11.5 Å². The maximum atomic E-state index is 11.9. The molecule has 1 amide bonds. The minimum Gasteiger partial charge on any atom is -0.445 e. The molecule has 1 atom stereocenters. The van der Waals surface area contributed by atoms with Gasteiger partial charge in [0.05, 0.1) is 18.7 Å². The highest BCUT2D eigenvalue weighted by Gasteiger charge is 2.38. The molecule has 0 saturated carbocycles. The largest absolute Gasteiger partial charge is 0.445 e. The molecule has 2 rings (SSSR count). The van der Waals surface area contributed by atoms with Crippen molar-refractivity contribution in [2.45, 2.75) is 18.6 Å². The molecule has 0 bridgehead atoms. The van der Waals surface area contributed by atoms with Gasteiger partial charge in [-0.05, 0) is 17.5 Å². The fourth-order valence-corrected chi connectivity index (χ4v) is 2.12. The second kappa shape index (κ2) is 6.27. The van der Waals surface area contributed by atoms with E-state index >= 15 is 0 Å². The van der Waals surface area contributed by atoms with Gasteiger partial charge in [-0.15, -0.1) is 0 Å². The zero-order chi connectivity index (χ0) is 14.4. The lowest BCUT2D eigenvalue weighted by Gasteiger charge is -2.21. The van der Waals surface area contributed by atoms with Gasteiger partial charge in [0.1, 0.15) is 6.61 Å². The van der Waals surface area contributed by atoms with Crippen LogP contribution < -0.4 is 0 Å². The molecule has 0 spiro atoms. The van der Waals surface area contributed by atoms with Crippen LogP contribution >= 0.6 is 0 Å². The maximum Gasteiger partial charge on any atom is 0.410 e. The minimum absolute atomic E-state index is 0.0357. The van der Waals surface area contributed by atoms with Crippen molar-refractivity contribution in [2.75, 3.05) is 19.6 Å². The summed E-state index contributed by atoms with van der Waals surface area (Å²) in [5, 5.41) is 13.5. The van der Waals surface area contributed by atoms with Crippen molar-refractivity contribution in [1.82, 2.24) is 4.90 Å². The predicted octanol–water partition coefficient (Wildman–Crippen LogP) is 2.07. The van der Waals surface area contributed by atoms with Crippen molar-refractivity contribution >= 4 is 6.09 Å². The summed E-state index contributed by atoms with van der Waals surface area (Å²) in [7, 11) is 0. The lowest BCUT2D eigenvalue weighted by molar-refractivity contribution is 0.0509. The molecule has 1 aromatic rings. The van der Waals surface area contributed by atoms with Crippen molar-refractivity contribution in [2.24, 2.45) is 5.11 Å². The van der Waals surface area contributed by atoms with Crippen LogP contribution in [0.5, 0.6) is 0 Å². The Morgan fingerprint density at radius 1 is 1.50 bits per heavy atom. The number of rotatable bonds is 4. The van der Waals surface area contributed by atoms with E-state index in [1.807, 2.05) is 30.3 Å². The Hall–Kier alpha value is -2.24. The van der Waals surface area contributed by atoms with Crippen molar-refractivity contribution in [3.05, 3.63) is 46.3 Å². The van der Waals surface area contributed by atoms with E-state index in [2.05, 4.69) is 10.0 Å². The molecule has 7 nitrogen and oxygen atoms in total. The number of likely N-dealkylation sites (tertiary alicyclic amines) is 1. The quantitative estimate of drug-likeness (QED) is 0.517. The molecule has 1 saturated heterocycles. The van der Waals surface area contributed by atoms with E-state index < -0.39 is 11.7 Å². The van der Waals surface area contributed by atoms with Gasteiger partial charge in [-0.1, -0.05) is 35.4 Å². The fourth-order valence-electron chi connectivity index (χ4n) is 2.12. The molecule has 0 aromatic heterocycles. The summed E-state index contributed by atoms with van der Waals surface area (Å²) in [6.45, 7) is 0.682. The van der Waals surface area contributed by atoms with Crippen LogP contribution in [0.1, 0.15) is 12.0 Å². The van der Waals surface area contributed by atoms with E-state index in [-0.39, 0.29) is 19.7 Å². The predicted molar refractivity (Wildman–Crippen MR) is 71.8 cm³/mol. The lowest BCUT2D eigenvalue weighted by atomic mass is 10.0. The molecule has 7 heteroatoms. The molecule has 1 aliphatic heterocycles. The zero-order valence-corrected chi connectivity index (χ0v) is 11.0. The van der Waals surface area contributed by atoms with Crippen molar-refractivity contribution in [3.8, 4) is 0 Å². The minimum atomic E-state index is -1.14. The van der Waals surface area contributed by atoms with Crippen LogP contribution in [0.2, 0.25) is 0 Å². The molecule has 1 aliphatic rings. The molecule has 0 aliphatic carbocycles. The molecule has 20 heavy (non-hydrogen) atoms. The normalized spacial score (nSPS) is 21.4. The van der Waals surface area contributed by atoms with Crippen LogP contribution in [0, 0.1) is 0 Å². The van der Waals surface area contributed by atoms with Crippen molar-refractivity contribution in [3.63, 3.8) is 0 Å². The summed E-state index contributed by atoms with van der Waals surface area (Å²) in [5.41, 5.74) is 8.03. The number of aliphatic hydroxyl groups is 1. The van der Waals surface area contributed by atoms with Gasteiger partial charge in [-0.25, -0.2) is 4.79 Å². The average Bonchev–Trinajstić information content (AvgIpc) is 2.87. The molecule has 1 N–H and O–H groups in total. The summed E-state index contributed by atoms with van der Waals surface area (Å²) >= 11 is 0. The van der Waals surface area contributed by atoms with Crippen LogP contribution in [0.25, 0.3) is 10.4 Å². The number of azide groups is 1. The molecule has 1 heterocycles. The Labute approximate surface area is 116 Å². The Morgan fingerprint density at radius 3 is 2.95 bits per heavy atom. The van der Waals surface area contributed by atoms with Crippen LogP contribution in [0.4, 0.5) is 4.79 Å². The highest BCUT2D eigenvalue weighted by molar-refractivity contribution is 5.68. The third-order valence-electron chi connectivity index (χ3n) is 3.22. The first kappa shape index (κ1) is 14.2. The SMILES string of the molecule is [N-]=[N+]=NCC1(O)CCN(C(=O)OCc2ccccc2)C1. The number of hydrogen-bond acceptors (Lipinski definition) is 4. The third-order valence-corrected chi connectivity index (χ3v) is 3.22.